The van der Waals surface area contributed by atoms with Gasteiger partial charge in [0.1, 0.15) is 11.7 Å². The van der Waals surface area contributed by atoms with Crippen molar-refractivity contribution < 1.29 is 4.39 Å². The van der Waals surface area contributed by atoms with Gasteiger partial charge in [0, 0.05) is 5.56 Å². The molecule has 0 heterocycles. The predicted molar refractivity (Wildman–Crippen MR) is 67.5 cm³/mol. The summed E-state index contributed by atoms with van der Waals surface area (Å²) in [6.07, 6.45) is 4.53. The zero-order valence-electron chi connectivity index (χ0n) is 9.42. The molecule has 1 aromatic rings. The van der Waals surface area contributed by atoms with Crippen molar-refractivity contribution in [1.82, 2.24) is 5.43 Å². The molecule has 2 rings (SSSR count). The minimum absolute atomic E-state index is 0.103. The lowest BCUT2D eigenvalue weighted by molar-refractivity contribution is 0.627. The molecule has 1 aliphatic carbocycles. The second-order valence-electron chi connectivity index (χ2n) is 4.19. The topological polar surface area (TPSA) is 50.4 Å². The molecule has 17 heavy (non-hydrogen) atoms. The third kappa shape index (κ3) is 2.96. The van der Waals surface area contributed by atoms with E-state index in [4.69, 9.17) is 17.4 Å². The Kier molecular flexibility index (Phi) is 3.97. The Hall–Kier alpha value is -1.13. The van der Waals surface area contributed by atoms with E-state index < -0.39 is 5.82 Å². The Labute approximate surface area is 105 Å². The van der Waals surface area contributed by atoms with Crippen LogP contribution in [0.25, 0.3) is 0 Å². The average molecular weight is 256 g/mol. The molecule has 0 unspecified atom stereocenters. The number of hydrogen-bond donors (Lipinski definition) is 2. The highest BCUT2D eigenvalue weighted by Crippen LogP contribution is 2.22. The average Bonchev–Trinajstić information content (AvgIpc) is 2.82. The molecule has 1 aromatic carbocycles. The molecule has 0 aromatic heterocycles. The van der Waals surface area contributed by atoms with E-state index in [1.54, 1.807) is 6.07 Å². The van der Waals surface area contributed by atoms with Crippen molar-refractivity contribution in [2.24, 2.45) is 10.8 Å². The van der Waals surface area contributed by atoms with Crippen LogP contribution >= 0.6 is 11.6 Å². The first-order valence-electron chi connectivity index (χ1n) is 5.70. The lowest BCUT2D eigenvalue weighted by Crippen LogP contribution is -2.32. The van der Waals surface area contributed by atoms with Crippen molar-refractivity contribution in [2.75, 3.05) is 0 Å². The van der Waals surface area contributed by atoms with Gasteiger partial charge in [0.15, 0.2) is 0 Å². The van der Waals surface area contributed by atoms with Gasteiger partial charge < -0.3 is 5.43 Å². The molecule has 3 N–H and O–H groups in total. The summed E-state index contributed by atoms with van der Waals surface area (Å²) in [5.74, 6) is 5.50. The highest BCUT2D eigenvalue weighted by atomic mass is 35.5. The van der Waals surface area contributed by atoms with E-state index in [0.717, 1.165) is 12.8 Å². The van der Waals surface area contributed by atoms with E-state index in [0.29, 0.717) is 17.4 Å². The van der Waals surface area contributed by atoms with E-state index in [9.17, 15) is 4.39 Å². The molecular formula is C12H15ClFN3. The molecule has 0 aliphatic heterocycles. The largest absolute Gasteiger partial charge is 0.308 e. The van der Waals surface area contributed by atoms with E-state index in [2.05, 4.69) is 10.4 Å². The minimum atomic E-state index is -0.460. The van der Waals surface area contributed by atoms with Crippen molar-refractivity contribution in [3.63, 3.8) is 0 Å². The number of amidine groups is 1. The first kappa shape index (κ1) is 12.3. The van der Waals surface area contributed by atoms with Gasteiger partial charge in [-0.1, -0.05) is 24.4 Å². The van der Waals surface area contributed by atoms with Gasteiger partial charge in [0.05, 0.1) is 11.1 Å². The van der Waals surface area contributed by atoms with Gasteiger partial charge in [-0.05, 0) is 31.0 Å². The van der Waals surface area contributed by atoms with E-state index in [-0.39, 0.29) is 5.02 Å². The molecule has 1 saturated carbocycles. The third-order valence-electron chi connectivity index (χ3n) is 2.97. The maximum Gasteiger partial charge on any atom is 0.142 e. The zero-order chi connectivity index (χ0) is 12.3. The minimum Gasteiger partial charge on any atom is -0.308 e. The summed E-state index contributed by atoms with van der Waals surface area (Å²) in [5, 5.41) is 0.103. The molecule has 3 nitrogen and oxygen atoms in total. The number of halogens is 2. The number of hydrazine groups is 1. The van der Waals surface area contributed by atoms with Gasteiger partial charge in [-0.2, -0.15) is 0 Å². The summed E-state index contributed by atoms with van der Waals surface area (Å²) >= 11 is 5.63. The number of rotatable bonds is 2. The Bertz CT molecular complexity index is 428. The Morgan fingerprint density at radius 3 is 2.71 bits per heavy atom. The van der Waals surface area contributed by atoms with Gasteiger partial charge in [0.2, 0.25) is 0 Å². The number of aliphatic imine (C=N–C) groups is 1. The summed E-state index contributed by atoms with van der Waals surface area (Å²) in [6.45, 7) is 0. The van der Waals surface area contributed by atoms with Crippen molar-refractivity contribution in [3.8, 4) is 0 Å². The highest BCUT2D eigenvalue weighted by molar-refractivity contribution is 6.30. The molecular weight excluding hydrogens is 241 g/mol. The molecule has 0 radical (unpaired) electrons. The fourth-order valence-corrected chi connectivity index (χ4v) is 2.17. The fourth-order valence-electron chi connectivity index (χ4n) is 2.05. The molecule has 0 atom stereocenters. The van der Waals surface area contributed by atoms with Crippen molar-refractivity contribution in [1.29, 1.82) is 0 Å². The maximum absolute atomic E-state index is 13.3. The smallest absolute Gasteiger partial charge is 0.142 e. The molecule has 92 valence electrons. The number of nitrogens with two attached hydrogens (primary N) is 1. The summed E-state index contributed by atoms with van der Waals surface area (Å²) in [7, 11) is 0. The van der Waals surface area contributed by atoms with E-state index in [1.807, 2.05) is 0 Å². The molecule has 0 bridgehead atoms. The predicted octanol–water partition coefficient (Wildman–Crippen LogP) is 2.63. The quantitative estimate of drug-likeness (QED) is 0.369. The van der Waals surface area contributed by atoms with Gasteiger partial charge in [-0.3, -0.25) is 4.99 Å². The second kappa shape index (κ2) is 5.47. The standard InChI is InChI=1S/C12H15ClFN3/c13-10-6-5-8(7-11(10)14)12(17-15)16-9-3-1-2-4-9/h5-7,9H,1-4,15H2,(H,16,17). The van der Waals surface area contributed by atoms with Crippen LogP contribution in [0, 0.1) is 5.82 Å². The van der Waals surface area contributed by atoms with Crippen LogP contribution in [0.1, 0.15) is 31.2 Å². The normalized spacial score (nSPS) is 17.5. The van der Waals surface area contributed by atoms with Crippen LogP contribution < -0.4 is 11.3 Å². The van der Waals surface area contributed by atoms with Crippen LogP contribution in [0.15, 0.2) is 23.2 Å². The van der Waals surface area contributed by atoms with Crippen LogP contribution in [-0.4, -0.2) is 11.9 Å². The lowest BCUT2D eigenvalue weighted by Gasteiger charge is -2.10. The molecule has 5 heteroatoms. The van der Waals surface area contributed by atoms with Gasteiger partial charge >= 0.3 is 0 Å². The summed E-state index contributed by atoms with van der Waals surface area (Å²) in [5.41, 5.74) is 3.16. The first-order valence-corrected chi connectivity index (χ1v) is 6.08. The van der Waals surface area contributed by atoms with E-state index >= 15 is 0 Å². The Balaban J connectivity index is 2.24. The van der Waals surface area contributed by atoms with Gasteiger partial charge in [0.25, 0.3) is 0 Å². The first-order chi connectivity index (χ1) is 8.20. The Morgan fingerprint density at radius 2 is 2.12 bits per heavy atom. The van der Waals surface area contributed by atoms with Crippen LogP contribution in [0.5, 0.6) is 0 Å². The second-order valence-corrected chi connectivity index (χ2v) is 4.60. The summed E-state index contributed by atoms with van der Waals surface area (Å²) < 4.78 is 13.3. The van der Waals surface area contributed by atoms with Crippen LogP contribution in [0.3, 0.4) is 0 Å². The fraction of sp³-hybridized carbons (Fsp3) is 0.417. The molecule has 1 fully saturated rings. The lowest BCUT2D eigenvalue weighted by atomic mass is 10.2. The van der Waals surface area contributed by atoms with Gasteiger partial charge in [-0.25, -0.2) is 10.2 Å². The maximum atomic E-state index is 13.3. The highest BCUT2D eigenvalue weighted by Gasteiger charge is 2.15. The SMILES string of the molecule is NNC(=NC1CCCC1)c1ccc(Cl)c(F)c1. The van der Waals surface area contributed by atoms with Crippen LogP contribution in [-0.2, 0) is 0 Å². The molecule has 1 aliphatic rings. The number of benzene rings is 1. The number of hydrogen-bond acceptors (Lipinski definition) is 2. The van der Waals surface area contributed by atoms with Crippen LogP contribution in [0.4, 0.5) is 4.39 Å². The third-order valence-corrected chi connectivity index (χ3v) is 3.27. The molecule has 0 spiro atoms. The summed E-state index contributed by atoms with van der Waals surface area (Å²) in [6, 6.07) is 4.85. The Morgan fingerprint density at radius 1 is 1.41 bits per heavy atom. The molecule has 0 saturated heterocycles. The van der Waals surface area contributed by atoms with Gasteiger partial charge in [-0.15, -0.1) is 0 Å². The number of nitrogens with zero attached hydrogens (tertiary/aromatic N) is 1. The van der Waals surface area contributed by atoms with Crippen molar-refractivity contribution in [2.45, 2.75) is 31.7 Å². The number of nitrogens with one attached hydrogen (secondary N) is 1. The van der Waals surface area contributed by atoms with Crippen molar-refractivity contribution >= 4 is 17.4 Å². The summed E-state index contributed by atoms with van der Waals surface area (Å²) in [4.78, 5) is 4.51. The van der Waals surface area contributed by atoms with Crippen LogP contribution in [0.2, 0.25) is 5.02 Å². The van der Waals surface area contributed by atoms with Crippen molar-refractivity contribution in [3.05, 3.63) is 34.6 Å². The van der Waals surface area contributed by atoms with E-state index in [1.165, 1.54) is 25.0 Å². The monoisotopic (exact) mass is 255 g/mol. The molecule has 0 amide bonds. The zero-order valence-corrected chi connectivity index (χ0v) is 10.2.